The van der Waals surface area contributed by atoms with Gasteiger partial charge in [-0.2, -0.15) is 0 Å². The topological polar surface area (TPSA) is 87.6 Å². The van der Waals surface area contributed by atoms with Crippen molar-refractivity contribution >= 4 is 47.4 Å². The van der Waals surface area contributed by atoms with Gasteiger partial charge < -0.3 is 20.7 Å². The molecule has 0 atom stereocenters. The fourth-order valence-electron chi connectivity index (χ4n) is 1.80. The van der Waals surface area contributed by atoms with Crippen LogP contribution in [-0.4, -0.2) is 49.3 Å². The minimum absolute atomic E-state index is 0. The van der Waals surface area contributed by atoms with Crippen LogP contribution in [0.3, 0.4) is 0 Å². The zero-order chi connectivity index (χ0) is 18.0. The number of thiazole rings is 1. The molecular weight excluding hydrogens is 453 g/mol. The molecule has 1 rings (SSSR count). The Morgan fingerprint density at radius 2 is 1.88 bits per heavy atom. The molecular formula is C16H30IN5O2S. The molecule has 0 fully saturated rings. The molecule has 0 radical (unpaired) electrons. The number of rotatable bonds is 7. The average Bonchev–Trinajstić information content (AvgIpc) is 2.96. The standard InChI is InChI=1S/C16H29N5O2S.HI/c1-6-12-11-21-13(24-12)7-8-18-14(17-5)19-9-10-20-15(22)23-16(2,3)4;/h11H,6-10H2,1-5H3,(H,20,22)(H2,17,18,19);1H. The molecule has 0 aliphatic heterocycles. The number of hydrogen-bond acceptors (Lipinski definition) is 5. The van der Waals surface area contributed by atoms with E-state index in [-0.39, 0.29) is 24.0 Å². The summed E-state index contributed by atoms with van der Waals surface area (Å²) in [6, 6.07) is 0. The normalized spacial score (nSPS) is 11.5. The molecule has 1 amide bonds. The lowest BCUT2D eigenvalue weighted by Crippen LogP contribution is -2.42. The van der Waals surface area contributed by atoms with Gasteiger partial charge in [0.2, 0.25) is 0 Å². The summed E-state index contributed by atoms with van der Waals surface area (Å²) in [7, 11) is 1.72. The number of aliphatic imine (C=N–C) groups is 1. The fourth-order valence-corrected chi connectivity index (χ4v) is 2.66. The monoisotopic (exact) mass is 483 g/mol. The van der Waals surface area contributed by atoms with E-state index in [1.807, 2.05) is 27.0 Å². The summed E-state index contributed by atoms with van der Waals surface area (Å²) in [5.41, 5.74) is -0.484. The number of nitrogens with one attached hydrogen (secondary N) is 3. The molecule has 3 N–H and O–H groups in total. The van der Waals surface area contributed by atoms with Crippen LogP contribution in [0.1, 0.15) is 37.6 Å². The molecule has 0 aliphatic carbocycles. The number of amides is 1. The molecule has 25 heavy (non-hydrogen) atoms. The van der Waals surface area contributed by atoms with E-state index < -0.39 is 11.7 Å². The molecule has 1 aromatic heterocycles. The van der Waals surface area contributed by atoms with Crippen LogP contribution in [-0.2, 0) is 17.6 Å². The first-order valence-electron chi connectivity index (χ1n) is 8.19. The van der Waals surface area contributed by atoms with Crippen molar-refractivity contribution in [1.29, 1.82) is 0 Å². The molecule has 0 saturated carbocycles. The fraction of sp³-hybridized carbons (Fsp3) is 0.688. The van der Waals surface area contributed by atoms with Crippen molar-refractivity contribution in [3.63, 3.8) is 0 Å². The molecule has 0 aliphatic rings. The number of halogens is 1. The van der Waals surface area contributed by atoms with Crippen LogP contribution in [0.25, 0.3) is 0 Å². The molecule has 144 valence electrons. The summed E-state index contributed by atoms with van der Waals surface area (Å²) in [6.07, 6.45) is 3.42. The maximum absolute atomic E-state index is 11.5. The van der Waals surface area contributed by atoms with Crippen molar-refractivity contribution in [1.82, 2.24) is 20.9 Å². The lowest BCUT2D eigenvalue weighted by atomic mass is 10.2. The molecule has 0 saturated heterocycles. The summed E-state index contributed by atoms with van der Waals surface area (Å²) in [5, 5.41) is 10.2. The maximum atomic E-state index is 11.5. The number of carbonyl (C=O) groups is 1. The Hall–Kier alpha value is -1.10. The smallest absolute Gasteiger partial charge is 0.407 e. The first-order chi connectivity index (χ1) is 11.3. The van der Waals surface area contributed by atoms with E-state index in [1.165, 1.54) is 4.88 Å². The van der Waals surface area contributed by atoms with Crippen molar-refractivity contribution in [2.24, 2.45) is 4.99 Å². The van der Waals surface area contributed by atoms with Crippen LogP contribution in [0.2, 0.25) is 0 Å². The van der Waals surface area contributed by atoms with Gasteiger partial charge in [-0.3, -0.25) is 4.99 Å². The quantitative estimate of drug-likeness (QED) is 0.240. The molecule has 0 spiro atoms. The van der Waals surface area contributed by atoms with Gasteiger partial charge in [0.05, 0.1) is 5.01 Å². The molecule has 1 heterocycles. The second kappa shape index (κ2) is 12.3. The van der Waals surface area contributed by atoms with E-state index in [0.717, 1.165) is 24.4 Å². The largest absolute Gasteiger partial charge is 0.444 e. The Labute approximate surface area is 171 Å². The number of nitrogens with zero attached hydrogens (tertiary/aromatic N) is 2. The summed E-state index contributed by atoms with van der Waals surface area (Å²) in [4.78, 5) is 21.4. The van der Waals surface area contributed by atoms with Gasteiger partial charge in [0.25, 0.3) is 0 Å². The predicted octanol–water partition coefficient (Wildman–Crippen LogP) is 2.56. The van der Waals surface area contributed by atoms with Gasteiger partial charge in [-0.25, -0.2) is 9.78 Å². The summed E-state index contributed by atoms with van der Waals surface area (Å²) < 4.78 is 5.17. The maximum Gasteiger partial charge on any atom is 0.407 e. The number of guanidine groups is 1. The SMILES string of the molecule is CCc1cnc(CCNC(=NC)NCCNC(=O)OC(C)(C)C)s1.I. The third kappa shape index (κ3) is 11.2. The first kappa shape index (κ1) is 23.9. The van der Waals surface area contributed by atoms with Crippen LogP contribution in [0.15, 0.2) is 11.2 Å². The minimum Gasteiger partial charge on any atom is -0.444 e. The second-order valence-electron chi connectivity index (χ2n) is 6.18. The van der Waals surface area contributed by atoms with Crippen molar-refractivity contribution < 1.29 is 9.53 Å². The van der Waals surface area contributed by atoms with Gasteiger partial charge in [0.1, 0.15) is 5.60 Å². The Kier molecular flexibility index (Phi) is 11.7. The van der Waals surface area contributed by atoms with E-state index in [0.29, 0.717) is 19.0 Å². The first-order valence-corrected chi connectivity index (χ1v) is 9.00. The number of alkyl carbamates (subject to hydrolysis) is 1. The van der Waals surface area contributed by atoms with Crippen molar-refractivity contribution in [3.8, 4) is 0 Å². The molecule has 0 bridgehead atoms. The van der Waals surface area contributed by atoms with Gasteiger partial charge in [-0.05, 0) is 27.2 Å². The van der Waals surface area contributed by atoms with Crippen molar-refractivity contribution in [2.45, 2.75) is 46.1 Å². The van der Waals surface area contributed by atoms with Crippen molar-refractivity contribution in [2.75, 3.05) is 26.7 Å². The van der Waals surface area contributed by atoms with Gasteiger partial charge in [-0.15, -0.1) is 35.3 Å². The highest BCUT2D eigenvalue weighted by atomic mass is 127. The number of aromatic nitrogens is 1. The van der Waals surface area contributed by atoms with Crippen LogP contribution in [0.4, 0.5) is 4.79 Å². The lowest BCUT2D eigenvalue weighted by molar-refractivity contribution is 0.0529. The molecule has 0 unspecified atom stereocenters. The number of hydrogen-bond donors (Lipinski definition) is 3. The van der Waals surface area contributed by atoms with E-state index in [4.69, 9.17) is 4.74 Å². The highest BCUT2D eigenvalue weighted by Crippen LogP contribution is 2.13. The van der Waals surface area contributed by atoms with Gasteiger partial charge in [0, 0.05) is 44.2 Å². The Morgan fingerprint density at radius 1 is 1.24 bits per heavy atom. The number of aryl methyl sites for hydroxylation is 1. The second-order valence-corrected chi connectivity index (χ2v) is 7.38. The van der Waals surface area contributed by atoms with Crippen LogP contribution < -0.4 is 16.0 Å². The van der Waals surface area contributed by atoms with Crippen LogP contribution in [0, 0.1) is 0 Å². The zero-order valence-corrected chi connectivity index (χ0v) is 18.8. The highest BCUT2D eigenvalue weighted by Gasteiger charge is 2.15. The highest BCUT2D eigenvalue weighted by molar-refractivity contribution is 14.0. The van der Waals surface area contributed by atoms with E-state index in [1.54, 1.807) is 18.4 Å². The summed E-state index contributed by atoms with van der Waals surface area (Å²) >= 11 is 1.75. The van der Waals surface area contributed by atoms with Crippen LogP contribution in [0.5, 0.6) is 0 Å². The van der Waals surface area contributed by atoms with Gasteiger partial charge >= 0.3 is 6.09 Å². The Bertz CT molecular complexity index is 543. The molecule has 9 heteroatoms. The molecule has 1 aromatic rings. The van der Waals surface area contributed by atoms with Crippen molar-refractivity contribution in [3.05, 3.63) is 16.1 Å². The predicted molar refractivity (Wildman–Crippen MR) is 114 cm³/mol. The van der Waals surface area contributed by atoms with E-state index in [2.05, 4.69) is 32.9 Å². The Balaban J connectivity index is 0.00000576. The third-order valence-electron chi connectivity index (χ3n) is 2.89. The molecule has 0 aromatic carbocycles. The summed E-state index contributed by atoms with van der Waals surface area (Å²) in [6.45, 7) is 9.42. The number of carbonyl (C=O) groups excluding carboxylic acids is 1. The lowest BCUT2D eigenvalue weighted by Gasteiger charge is -2.19. The number of ether oxygens (including phenoxy) is 1. The van der Waals surface area contributed by atoms with E-state index in [9.17, 15) is 4.79 Å². The zero-order valence-electron chi connectivity index (χ0n) is 15.6. The van der Waals surface area contributed by atoms with Crippen LogP contribution >= 0.6 is 35.3 Å². The minimum atomic E-state index is -0.484. The van der Waals surface area contributed by atoms with E-state index >= 15 is 0 Å². The summed E-state index contributed by atoms with van der Waals surface area (Å²) in [5.74, 6) is 0.702. The average molecular weight is 483 g/mol. The molecule has 7 nitrogen and oxygen atoms in total. The van der Waals surface area contributed by atoms with Gasteiger partial charge in [-0.1, -0.05) is 6.92 Å². The third-order valence-corrected chi connectivity index (χ3v) is 4.09. The van der Waals surface area contributed by atoms with Gasteiger partial charge in [0.15, 0.2) is 5.96 Å². The Morgan fingerprint density at radius 3 is 2.44 bits per heavy atom.